The van der Waals surface area contributed by atoms with Gasteiger partial charge in [-0.05, 0) is 44.5 Å². The Balaban J connectivity index is 1.31. The van der Waals surface area contributed by atoms with Gasteiger partial charge < -0.3 is 9.55 Å². The van der Waals surface area contributed by atoms with E-state index in [1.165, 1.54) is 12.8 Å². The highest BCUT2D eigenvalue weighted by Gasteiger charge is 2.22. The molecule has 0 saturated carbocycles. The summed E-state index contributed by atoms with van der Waals surface area (Å²) in [5, 5.41) is 7.60. The lowest BCUT2D eigenvalue weighted by atomic mass is 10.1. The van der Waals surface area contributed by atoms with E-state index in [0.29, 0.717) is 39.0 Å². The fourth-order valence-electron chi connectivity index (χ4n) is 5.02. The molecule has 0 unspecified atom stereocenters. The number of aromatic amines is 2. The second-order valence-corrected chi connectivity index (χ2v) is 9.41. The van der Waals surface area contributed by atoms with Crippen LogP contribution in [0.3, 0.4) is 0 Å². The van der Waals surface area contributed by atoms with Gasteiger partial charge in [0, 0.05) is 30.7 Å². The highest BCUT2D eigenvalue weighted by atomic mass is 19.1. The topological polar surface area (TPSA) is 117 Å². The van der Waals surface area contributed by atoms with E-state index >= 15 is 4.39 Å². The van der Waals surface area contributed by atoms with E-state index in [4.69, 9.17) is 4.98 Å². The Morgan fingerprint density at radius 2 is 1.84 bits per heavy atom. The van der Waals surface area contributed by atoms with E-state index < -0.39 is 5.82 Å². The van der Waals surface area contributed by atoms with Crippen molar-refractivity contribution in [2.75, 3.05) is 13.1 Å². The molecule has 0 spiro atoms. The lowest BCUT2D eigenvalue weighted by Crippen LogP contribution is -2.18. The number of H-pyrrole nitrogens is 2. The summed E-state index contributed by atoms with van der Waals surface area (Å²) in [6.45, 7) is 4.88. The molecule has 1 aliphatic heterocycles. The molecule has 37 heavy (non-hydrogen) atoms. The van der Waals surface area contributed by atoms with Crippen LogP contribution < -0.4 is 0 Å². The zero-order valence-corrected chi connectivity index (χ0v) is 20.1. The Morgan fingerprint density at radius 3 is 2.68 bits per heavy atom. The van der Waals surface area contributed by atoms with Crippen LogP contribution in [0.4, 0.5) is 4.39 Å². The number of imidazole rings is 2. The molecule has 1 aliphatic rings. The molecule has 6 aromatic heterocycles. The summed E-state index contributed by atoms with van der Waals surface area (Å²) >= 11 is 0. The summed E-state index contributed by atoms with van der Waals surface area (Å²) in [4.78, 5) is 27.8. The van der Waals surface area contributed by atoms with Crippen molar-refractivity contribution in [1.29, 1.82) is 0 Å². The monoisotopic (exact) mass is 494 g/mol. The first-order valence-corrected chi connectivity index (χ1v) is 12.2. The van der Waals surface area contributed by atoms with E-state index in [0.717, 1.165) is 36.6 Å². The number of hydrogen-bond acceptors (Lipinski definition) is 7. The van der Waals surface area contributed by atoms with Gasteiger partial charge in [0.05, 0.1) is 52.7 Å². The average molecular weight is 495 g/mol. The van der Waals surface area contributed by atoms with Crippen molar-refractivity contribution >= 4 is 21.9 Å². The molecule has 0 amide bonds. The van der Waals surface area contributed by atoms with Gasteiger partial charge in [-0.25, -0.2) is 14.4 Å². The third kappa shape index (κ3) is 3.75. The highest BCUT2D eigenvalue weighted by molar-refractivity contribution is 5.96. The summed E-state index contributed by atoms with van der Waals surface area (Å²) < 4.78 is 17.9. The molecular formula is C26H23FN10. The molecule has 0 atom stereocenters. The summed E-state index contributed by atoms with van der Waals surface area (Å²) in [6.07, 6.45) is 14.5. The second-order valence-electron chi connectivity index (χ2n) is 9.41. The predicted octanol–water partition coefficient (Wildman–Crippen LogP) is 4.19. The largest absolute Gasteiger partial charge is 0.335 e. The third-order valence-corrected chi connectivity index (χ3v) is 6.81. The highest BCUT2D eigenvalue weighted by Crippen LogP contribution is 2.33. The van der Waals surface area contributed by atoms with E-state index in [1.54, 1.807) is 31.1 Å². The van der Waals surface area contributed by atoms with Crippen LogP contribution in [0.1, 0.15) is 24.1 Å². The number of nitrogens with one attached hydrogen (secondary N) is 2. The van der Waals surface area contributed by atoms with Crippen molar-refractivity contribution in [3.63, 3.8) is 0 Å². The standard InChI is InChI=1S/C26H23FN10/c1-15-12-37(14-31-15)20-11-29-9-19-24(20)33-26(32-19)25-21-18(34-35-25)10-30-23(22(21)27)17-6-16(7-28-8-17)13-36-4-2-3-5-36/h6-12,14H,2-5,13H2,1H3,(H,32,33)(H,34,35). The number of pyridine rings is 3. The van der Waals surface area contributed by atoms with Crippen molar-refractivity contribution in [3.05, 3.63) is 66.6 Å². The normalized spacial score (nSPS) is 14.3. The Kier molecular flexibility index (Phi) is 5.03. The molecule has 1 fully saturated rings. The van der Waals surface area contributed by atoms with Gasteiger partial charge >= 0.3 is 0 Å². The molecule has 11 heteroatoms. The molecule has 0 radical (unpaired) electrons. The van der Waals surface area contributed by atoms with E-state index in [1.807, 2.05) is 30.0 Å². The van der Waals surface area contributed by atoms with Crippen molar-refractivity contribution in [2.45, 2.75) is 26.3 Å². The fourth-order valence-corrected chi connectivity index (χ4v) is 5.02. The van der Waals surface area contributed by atoms with Crippen LogP contribution >= 0.6 is 0 Å². The number of likely N-dealkylation sites (tertiary alicyclic amines) is 1. The zero-order valence-electron chi connectivity index (χ0n) is 20.1. The maximum Gasteiger partial charge on any atom is 0.161 e. The quantitative estimate of drug-likeness (QED) is 0.369. The first-order valence-electron chi connectivity index (χ1n) is 12.2. The van der Waals surface area contributed by atoms with Crippen LogP contribution in [-0.2, 0) is 6.54 Å². The van der Waals surface area contributed by atoms with Gasteiger partial charge in [-0.3, -0.25) is 25.0 Å². The van der Waals surface area contributed by atoms with E-state index in [2.05, 4.69) is 40.0 Å². The predicted molar refractivity (Wildman–Crippen MR) is 136 cm³/mol. The number of aryl methyl sites for hydroxylation is 1. The number of aromatic nitrogens is 9. The zero-order chi connectivity index (χ0) is 24.9. The Labute approximate surface area is 210 Å². The van der Waals surface area contributed by atoms with Crippen LogP contribution in [0.2, 0.25) is 0 Å². The van der Waals surface area contributed by atoms with Crippen molar-refractivity contribution in [3.8, 4) is 28.5 Å². The van der Waals surface area contributed by atoms with Crippen molar-refractivity contribution in [1.82, 2.24) is 49.6 Å². The molecule has 184 valence electrons. The lowest BCUT2D eigenvalue weighted by molar-refractivity contribution is 0.331. The molecule has 7 heterocycles. The van der Waals surface area contributed by atoms with Crippen molar-refractivity contribution < 1.29 is 4.39 Å². The van der Waals surface area contributed by atoms with Gasteiger partial charge in [-0.2, -0.15) is 5.10 Å². The number of rotatable bonds is 5. The van der Waals surface area contributed by atoms with Crippen LogP contribution in [0.25, 0.3) is 50.4 Å². The summed E-state index contributed by atoms with van der Waals surface area (Å²) in [7, 11) is 0. The molecular weight excluding hydrogens is 471 g/mol. The van der Waals surface area contributed by atoms with Crippen molar-refractivity contribution in [2.24, 2.45) is 0 Å². The van der Waals surface area contributed by atoms with Crippen LogP contribution in [0.5, 0.6) is 0 Å². The van der Waals surface area contributed by atoms with E-state index in [9.17, 15) is 0 Å². The Morgan fingerprint density at radius 1 is 0.973 bits per heavy atom. The molecule has 1 saturated heterocycles. The van der Waals surface area contributed by atoms with Gasteiger partial charge in [0.25, 0.3) is 0 Å². The molecule has 2 N–H and O–H groups in total. The molecule has 10 nitrogen and oxygen atoms in total. The molecule has 0 aromatic carbocycles. The number of hydrogen-bond donors (Lipinski definition) is 2. The third-order valence-electron chi connectivity index (χ3n) is 6.81. The second kappa shape index (κ2) is 8.56. The maximum atomic E-state index is 16.0. The first-order chi connectivity index (χ1) is 18.1. The minimum atomic E-state index is -0.467. The number of nitrogens with zero attached hydrogens (tertiary/aromatic N) is 8. The van der Waals surface area contributed by atoms with Gasteiger partial charge in [-0.15, -0.1) is 0 Å². The molecule has 7 rings (SSSR count). The lowest BCUT2D eigenvalue weighted by Gasteiger charge is -2.14. The minimum Gasteiger partial charge on any atom is -0.335 e. The van der Waals surface area contributed by atoms with Gasteiger partial charge in [0.2, 0.25) is 0 Å². The SMILES string of the molecule is Cc1cn(-c2cncc3[nH]c(-c4n[nH]c5cnc(-c6cncc(CN7CCCC7)c6)c(F)c45)nc23)cn1. The molecule has 6 aromatic rings. The van der Waals surface area contributed by atoms with E-state index in [-0.39, 0.29) is 5.69 Å². The van der Waals surface area contributed by atoms with Gasteiger partial charge in [0.15, 0.2) is 11.6 Å². The van der Waals surface area contributed by atoms with Gasteiger partial charge in [-0.1, -0.05) is 0 Å². The summed E-state index contributed by atoms with van der Waals surface area (Å²) in [5.74, 6) is -0.0327. The van der Waals surface area contributed by atoms with Crippen LogP contribution in [0, 0.1) is 12.7 Å². The Hall–Kier alpha value is -4.51. The minimum absolute atomic E-state index is 0.235. The number of halogens is 1. The van der Waals surface area contributed by atoms with Crippen LogP contribution in [0.15, 0.2) is 49.6 Å². The average Bonchev–Trinajstić information content (AvgIpc) is 3.70. The van der Waals surface area contributed by atoms with Crippen LogP contribution in [-0.4, -0.2) is 62.7 Å². The summed E-state index contributed by atoms with van der Waals surface area (Å²) in [5.41, 5.74) is 5.82. The Bertz CT molecular complexity index is 1760. The number of fused-ring (bicyclic) bond motifs is 2. The van der Waals surface area contributed by atoms with Gasteiger partial charge in [0.1, 0.15) is 16.9 Å². The maximum absolute atomic E-state index is 16.0. The first kappa shape index (κ1) is 21.7. The molecule has 0 bridgehead atoms. The summed E-state index contributed by atoms with van der Waals surface area (Å²) in [6, 6.07) is 1.97. The smallest absolute Gasteiger partial charge is 0.161 e. The fraction of sp³-hybridized carbons (Fsp3) is 0.231. The molecule has 0 aliphatic carbocycles.